The molecule has 0 spiro atoms. The van der Waals surface area contributed by atoms with E-state index in [2.05, 4.69) is 15.0 Å². The zero-order valence-electron chi connectivity index (χ0n) is 7.48. The molecule has 2 aromatic rings. The van der Waals surface area contributed by atoms with E-state index in [-0.39, 0.29) is 22.2 Å². The van der Waals surface area contributed by atoms with Crippen molar-refractivity contribution in [2.24, 2.45) is 0 Å². The topological polar surface area (TPSA) is 64.7 Å². The third-order valence-corrected chi connectivity index (χ3v) is 2.04. The van der Waals surface area contributed by atoms with Gasteiger partial charge in [0.2, 0.25) is 0 Å². The van der Waals surface area contributed by atoms with Crippen molar-refractivity contribution in [3.63, 3.8) is 0 Å². The number of anilines is 1. The van der Waals surface area contributed by atoms with E-state index >= 15 is 0 Å². The van der Waals surface area contributed by atoms with Crippen molar-refractivity contribution in [2.75, 3.05) is 5.73 Å². The first-order valence-corrected chi connectivity index (χ1v) is 4.44. The van der Waals surface area contributed by atoms with Gasteiger partial charge in [0.25, 0.3) is 0 Å². The largest absolute Gasteiger partial charge is 0.382 e. The Labute approximate surface area is 90.0 Å². The Morgan fingerprint density at radius 2 is 2.13 bits per heavy atom. The molecule has 0 bridgehead atoms. The lowest BCUT2D eigenvalue weighted by atomic mass is 10.2. The summed E-state index contributed by atoms with van der Waals surface area (Å²) < 4.78 is 13.3. The molecule has 0 saturated heterocycles. The van der Waals surface area contributed by atoms with Crippen LogP contribution in [0.4, 0.5) is 10.2 Å². The normalized spacial score (nSPS) is 10.3. The number of nitrogen functional groups attached to an aromatic ring is 1. The number of hydrogen-bond donors (Lipinski definition) is 1. The number of nitrogens with two attached hydrogens (primary N) is 1. The average molecular weight is 225 g/mol. The number of pyridine rings is 1. The first-order valence-electron chi connectivity index (χ1n) is 4.06. The molecule has 2 aromatic heterocycles. The van der Waals surface area contributed by atoms with Crippen LogP contribution in [0.1, 0.15) is 0 Å². The van der Waals surface area contributed by atoms with Crippen molar-refractivity contribution in [3.8, 4) is 11.3 Å². The van der Waals surface area contributed by atoms with Gasteiger partial charge in [-0.3, -0.25) is 4.98 Å². The monoisotopic (exact) mass is 224 g/mol. The Balaban J connectivity index is 2.60. The van der Waals surface area contributed by atoms with Gasteiger partial charge in [-0.25, -0.2) is 14.4 Å². The van der Waals surface area contributed by atoms with Crippen molar-refractivity contribution in [2.45, 2.75) is 0 Å². The number of hydrogen-bond acceptors (Lipinski definition) is 4. The van der Waals surface area contributed by atoms with E-state index in [0.717, 1.165) is 6.20 Å². The maximum absolute atomic E-state index is 13.3. The van der Waals surface area contributed by atoms with Gasteiger partial charge < -0.3 is 5.73 Å². The molecule has 4 nitrogen and oxygen atoms in total. The quantitative estimate of drug-likeness (QED) is 0.804. The van der Waals surface area contributed by atoms with Gasteiger partial charge >= 0.3 is 0 Å². The van der Waals surface area contributed by atoms with Crippen molar-refractivity contribution >= 4 is 17.4 Å². The average Bonchev–Trinajstić information content (AvgIpc) is 2.20. The van der Waals surface area contributed by atoms with Crippen LogP contribution in [0, 0.1) is 5.82 Å². The van der Waals surface area contributed by atoms with Crippen LogP contribution in [0.3, 0.4) is 0 Å². The summed E-state index contributed by atoms with van der Waals surface area (Å²) in [6.45, 7) is 0. The highest BCUT2D eigenvalue weighted by molar-refractivity contribution is 6.31. The van der Waals surface area contributed by atoms with Crippen molar-refractivity contribution in [3.05, 3.63) is 35.6 Å². The second-order valence-electron chi connectivity index (χ2n) is 2.79. The molecule has 2 heterocycles. The number of rotatable bonds is 1. The van der Waals surface area contributed by atoms with Crippen LogP contribution < -0.4 is 5.73 Å². The second-order valence-corrected chi connectivity index (χ2v) is 3.15. The number of halogens is 2. The third-order valence-electron chi connectivity index (χ3n) is 1.78. The summed E-state index contributed by atoms with van der Waals surface area (Å²) in [4.78, 5) is 11.3. The first kappa shape index (κ1) is 9.79. The van der Waals surface area contributed by atoms with Gasteiger partial charge in [-0.15, -0.1) is 0 Å². The summed E-state index contributed by atoms with van der Waals surface area (Å²) in [5, 5.41) is 0.0695. The maximum Gasteiger partial charge on any atom is 0.157 e. The van der Waals surface area contributed by atoms with Gasteiger partial charge in [0.15, 0.2) is 11.0 Å². The lowest BCUT2D eigenvalue weighted by Gasteiger charge is -2.03. The fourth-order valence-electron chi connectivity index (χ4n) is 1.13. The van der Waals surface area contributed by atoms with Crippen LogP contribution in [0.5, 0.6) is 0 Å². The minimum atomic E-state index is -0.501. The van der Waals surface area contributed by atoms with E-state index in [0.29, 0.717) is 0 Å². The van der Waals surface area contributed by atoms with Crippen LogP contribution >= 0.6 is 11.6 Å². The van der Waals surface area contributed by atoms with Gasteiger partial charge in [-0.1, -0.05) is 11.6 Å². The Kier molecular flexibility index (Phi) is 2.47. The maximum atomic E-state index is 13.3. The zero-order valence-corrected chi connectivity index (χ0v) is 8.24. The molecule has 76 valence electrons. The van der Waals surface area contributed by atoms with Crippen LogP contribution in [0.2, 0.25) is 5.15 Å². The van der Waals surface area contributed by atoms with E-state index in [1.165, 1.54) is 18.5 Å². The van der Waals surface area contributed by atoms with E-state index in [4.69, 9.17) is 17.3 Å². The highest BCUT2D eigenvalue weighted by Gasteiger charge is 2.11. The minimum absolute atomic E-state index is 0.0695. The van der Waals surface area contributed by atoms with Gasteiger partial charge in [0.05, 0.1) is 12.4 Å². The Hall–Kier alpha value is -1.75. The Morgan fingerprint density at radius 1 is 1.33 bits per heavy atom. The molecular weight excluding hydrogens is 219 g/mol. The Bertz CT molecular complexity index is 503. The summed E-state index contributed by atoms with van der Waals surface area (Å²) in [5.41, 5.74) is 5.89. The van der Waals surface area contributed by atoms with E-state index < -0.39 is 5.82 Å². The predicted molar refractivity (Wildman–Crippen MR) is 54.6 cm³/mol. The standard InChI is InChI=1S/C9H6ClFN4/c10-9-8(14-4-7(12)15-9)5-1-2-13-3-6(5)11/h1-4H,(H2,12,15). The molecule has 0 radical (unpaired) electrons. The molecule has 0 aliphatic heterocycles. The molecule has 0 unspecified atom stereocenters. The summed E-state index contributed by atoms with van der Waals surface area (Å²) >= 11 is 5.80. The number of aromatic nitrogens is 3. The van der Waals surface area contributed by atoms with Crippen LogP contribution in [0.25, 0.3) is 11.3 Å². The molecule has 2 N–H and O–H groups in total. The van der Waals surface area contributed by atoms with Gasteiger partial charge in [-0.05, 0) is 6.07 Å². The SMILES string of the molecule is Nc1cnc(-c2ccncc2F)c(Cl)n1. The molecule has 0 fully saturated rings. The second kappa shape index (κ2) is 3.78. The van der Waals surface area contributed by atoms with Crippen LogP contribution in [0.15, 0.2) is 24.7 Å². The Morgan fingerprint density at radius 3 is 2.80 bits per heavy atom. The number of nitrogens with zero attached hydrogens (tertiary/aromatic N) is 3. The molecule has 0 aliphatic carbocycles. The zero-order chi connectivity index (χ0) is 10.8. The van der Waals surface area contributed by atoms with Gasteiger partial charge in [-0.2, -0.15) is 0 Å². The van der Waals surface area contributed by atoms with Crippen molar-refractivity contribution in [1.29, 1.82) is 0 Å². The van der Waals surface area contributed by atoms with E-state index in [1.807, 2.05) is 0 Å². The molecule has 0 amide bonds. The molecule has 0 aromatic carbocycles. The van der Waals surface area contributed by atoms with E-state index in [1.54, 1.807) is 0 Å². The molecule has 0 saturated carbocycles. The highest BCUT2D eigenvalue weighted by Crippen LogP contribution is 2.25. The molecule has 15 heavy (non-hydrogen) atoms. The lowest BCUT2D eigenvalue weighted by Crippen LogP contribution is -1.96. The molecule has 0 aliphatic rings. The smallest absolute Gasteiger partial charge is 0.157 e. The van der Waals surface area contributed by atoms with Crippen LogP contribution in [-0.4, -0.2) is 15.0 Å². The van der Waals surface area contributed by atoms with Crippen LogP contribution in [-0.2, 0) is 0 Å². The fourth-order valence-corrected chi connectivity index (χ4v) is 1.38. The van der Waals surface area contributed by atoms with Crippen molar-refractivity contribution < 1.29 is 4.39 Å². The summed E-state index contributed by atoms with van der Waals surface area (Å²) in [5.74, 6) is -0.309. The highest BCUT2D eigenvalue weighted by atomic mass is 35.5. The van der Waals surface area contributed by atoms with Gasteiger partial charge in [0.1, 0.15) is 11.5 Å². The molecule has 2 rings (SSSR count). The summed E-state index contributed by atoms with van der Waals surface area (Å²) in [6.07, 6.45) is 3.86. The van der Waals surface area contributed by atoms with Crippen molar-refractivity contribution in [1.82, 2.24) is 15.0 Å². The summed E-state index contributed by atoms with van der Waals surface area (Å²) in [7, 11) is 0. The summed E-state index contributed by atoms with van der Waals surface area (Å²) in [6, 6.07) is 1.47. The molecule has 0 atom stereocenters. The van der Waals surface area contributed by atoms with E-state index in [9.17, 15) is 4.39 Å². The predicted octanol–water partition coefficient (Wildman–Crippen LogP) is 1.91. The minimum Gasteiger partial charge on any atom is -0.382 e. The van der Waals surface area contributed by atoms with Gasteiger partial charge in [0, 0.05) is 11.8 Å². The molecule has 6 heteroatoms. The fraction of sp³-hybridized carbons (Fsp3) is 0. The molecular formula is C9H6ClFN4. The third kappa shape index (κ3) is 1.87. The first-order chi connectivity index (χ1) is 7.18. The lowest BCUT2D eigenvalue weighted by molar-refractivity contribution is 0.624.